The zero-order chi connectivity index (χ0) is 15.7. The maximum Gasteiger partial charge on any atom is 0.416 e. The number of hydrogen-bond donors (Lipinski definition) is 1. The van der Waals surface area contributed by atoms with E-state index in [9.17, 15) is 13.2 Å². The Kier molecular flexibility index (Phi) is 3.48. The summed E-state index contributed by atoms with van der Waals surface area (Å²) in [5.74, 6) is 0.749. The van der Waals surface area contributed by atoms with Gasteiger partial charge in [-0.25, -0.2) is 4.98 Å². The summed E-state index contributed by atoms with van der Waals surface area (Å²) < 4.78 is 38.4. The molecule has 0 fully saturated rings. The van der Waals surface area contributed by atoms with E-state index < -0.39 is 11.7 Å². The minimum Gasteiger partial charge on any atom is -0.373 e. The Balaban J connectivity index is 2.07. The molecule has 1 heterocycles. The van der Waals surface area contributed by atoms with Gasteiger partial charge in [-0.1, -0.05) is 18.2 Å². The van der Waals surface area contributed by atoms with Gasteiger partial charge in [-0.05, 0) is 47.5 Å². The third-order valence-corrected chi connectivity index (χ3v) is 3.47. The van der Waals surface area contributed by atoms with Crippen LogP contribution in [0.3, 0.4) is 0 Å². The van der Waals surface area contributed by atoms with Gasteiger partial charge in [0.2, 0.25) is 0 Å². The van der Waals surface area contributed by atoms with Crippen molar-refractivity contribution in [3.63, 3.8) is 0 Å². The average Bonchev–Trinajstić information content (AvgIpc) is 2.53. The molecule has 0 aliphatic heterocycles. The van der Waals surface area contributed by atoms with Crippen LogP contribution in [-0.4, -0.2) is 12.0 Å². The molecule has 3 rings (SSSR count). The molecular formula is C17H13F3N2. The number of fused-ring (bicyclic) bond motifs is 1. The van der Waals surface area contributed by atoms with E-state index in [0.29, 0.717) is 5.56 Å². The van der Waals surface area contributed by atoms with Gasteiger partial charge in [-0.2, -0.15) is 13.2 Å². The van der Waals surface area contributed by atoms with Crippen molar-refractivity contribution in [1.29, 1.82) is 0 Å². The molecule has 0 aliphatic carbocycles. The number of nitrogens with zero attached hydrogens (tertiary/aromatic N) is 1. The lowest BCUT2D eigenvalue weighted by Gasteiger charge is -2.09. The van der Waals surface area contributed by atoms with Crippen LogP contribution >= 0.6 is 0 Å². The van der Waals surface area contributed by atoms with Crippen molar-refractivity contribution >= 4 is 16.7 Å². The molecule has 112 valence electrons. The molecule has 0 saturated carbocycles. The molecular weight excluding hydrogens is 289 g/mol. The predicted molar refractivity (Wildman–Crippen MR) is 81.7 cm³/mol. The average molecular weight is 302 g/mol. The van der Waals surface area contributed by atoms with Crippen molar-refractivity contribution in [3.05, 3.63) is 60.2 Å². The highest BCUT2D eigenvalue weighted by molar-refractivity contribution is 5.85. The smallest absolute Gasteiger partial charge is 0.373 e. The summed E-state index contributed by atoms with van der Waals surface area (Å²) in [6.45, 7) is 0. The third-order valence-electron chi connectivity index (χ3n) is 3.47. The van der Waals surface area contributed by atoms with E-state index >= 15 is 0 Å². The summed E-state index contributed by atoms with van der Waals surface area (Å²) in [4.78, 5) is 4.39. The number of nitrogens with one attached hydrogen (secondary N) is 1. The van der Waals surface area contributed by atoms with E-state index in [1.165, 1.54) is 6.07 Å². The van der Waals surface area contributed by atoms with E-state index in [0.717, 1.165) is 34.4 Å². The second-order valence-electron chi connectivity index (χ2n) is 4.93. The van der Waals surface area contributed by atoms with Gasteiger partial charge in [0.15, 0.2) is 0 Å². The molecule has 3 aromatic rings. The van der Waals surface area contributed by atoms with Gasteiger partial charge in [0.25, 0.3) is 0 Å². The van der Waals surface area contributed by atoms with Crippen LogP contribution in [0.2, 0.25) is 0 Å². The first-order chi connectivity index (χ1) is 10.5. The summed E-state index contributed by atoms with van der Waals surface area (Å²) >= 11 is 0. The summed E-state index contributed by atoms with van der Waals surface area (Å²) in [6, 6.07) is 14.5. The second kappa shape index (κ2) is 5.33. The zero-order valence-corrected chi connectivity index (χ0v) is 11.8. The van der Waals surface area contributed by atoms with E-state index in [1.54, 1.807) is 19.2 Å². The van der Waals surface area contributed by atoms with Crippen LogP contribution in [0.5, 0.6) is 0 Å². The van der Waals surface area contributed by atoms with Crippen LogP contribution in [0.4, 0.5) is 19.0 Å². The molecule has 1 aromatic heterocycles. The van der Waals surface area contributed by atoms with Crippen molar-refractivity contribution < 1.29 is 13.2 Å². The minimum atomic E-state index is -4.34. The molecule has 0 unspecified atom stereocenters. The lowest BCUT2D eigenvalue weighted by Crippen LogP contribution is -2.04. The van der Waals surface area contributed by atoms with Crippen molar-refractivity contribution in [3.8, 4) is 11.1 Å². The Morgan fingerprint density at radius 3 is 2.41 bits per heavy atom. The molecule has 0 bridgehead atoms. The van der Waals surface area contributed by atoms with E-state index in [2.05, 4.69) is 10.3 Å². The fourth-order valence-electron chi connectivity index (χ4n) is 2.32. The SMILES string of the molecule is CNc1ccc2cc(-c3cccc(C(F)(F)F)c3)ccc2n1. The Hall–Kier alpha value is -2.56. The first-order valence-corrected chi connectivity index (χ1v) is 6.73. The number of rotatable bonds is 2. The topological polar surface area (TPSA) is 24.9 Å². The van der Waals surface area contributed by atoms with Gasteiger partial charge in [0.1, 0.15) is 5.82 Å². The van der Waals surface area contributed by atoms with Crippen molar-refractivity contribution in [2.24, 2.45) is 0 Å². The van der Waals surface area contributed by atoms with E-state index in [1.807, 2.05) is 24.3 Å². The summed E-state index contributed by atoms with van der Waals surface area (Å²) in [5.41, 5.74) is 1.42. The van der Waals surface area contributed by atoms with Gasteiger partial charge < -0.3 is 5.32 Å². The number of pyridine rings is 1. The molecule has 5 heteroatoms. The van der Waals surface area contributed by atoms with Crippen LogP contribution in [0.15, 0.2) is 54.6 Å². The minimum absolute atomic E-state index is 0.536. The number of halogens is 3. The largest absolute Gasteiger partial charge is 0.416 e. The van der Waals surface area contributed by atoms with Gasteiger partial charge >= 0.3 is 6.18 Å². The van der Waals surface area contributed by atoms with Crippen molar-refractivity contribution in [2.45, 2.75) is 6.18 Å². The molecule has 0 amide bonds. The zero-order valence-electron chi connectivity index (χ0n) is 11.8. The van der Waals surface area contributed by atoms with Crippen LogP contribution in [0.1, 0.15) is 5.56 Å². The fourth-order valence-corrected chi connectivity index (χ4v) is 2.32. The first-order valence-electron chi connectivity index (χ1n) is 6.73. The van der Waals surface area contributed by atoms with Crippen LogP contribution in [0.25, 0.3) is 22.0 Å². The van der Waals surface area contributed by atoms with E-state index in [4.69, 9.17) is 0 Å². The first kappa shape index (κ1) is 14.4. The van der Waals surface area contributed by atoms with Crippen molar-refractivity contribution in [2.75, 3.05) is 12.4 Å². The Morgan fingerprint density at radius 1 is 0.909 bits per heavy atom. The monoisotopic (exact) mass is 302 g/mol. The maximum atomic E-state index is 12.8. The molecule has 0 aliphatic rings. The van der Waals surface area contributed by atoms with Crippen LogP contribution in [-0.2, 0) is 6.18 Å². The van der Waals surface area contributed by atoms with Crippen LogP contribution in [0, 0.1) is 0 Å². The lowest BCUT2D eigenvalue weighted by atomic mass is 10.0. The van der Waals surface area contributed by atoms with E-state index in [-0.39, 0.29) is 0 Å². The Morgan fingerprint density at radius 2 is 1.68 bits per heavy atom. The number of anilines is 1. The lowest BCUT2D eigenvalue weighted by molar-refractivity contribution is -0.137. The summed E-state index contributed by atoms with van der Waals surface area (Å²) in [5, 5.41) is 3.84. The third kappa shape index (κ3) is 2.74. The normalized spacial score (nSPS) is 11.6. The van der Waals surface area contributed by atoms with Gasteiger partial charge in [0, 0.05) is 12.4 Å². The number of hydrogen-bond acceptors (Lipinski definition) is 2. The molecule has 1 N–H and O–H groups in total. The van der Waals surface area contributed by atoms with Gasteiger partial charge in [-0.15, -0.1) is 0 Å². The molecule has 0 atom stereocenters. The molecule has 0 saturated heterocycles. The Bertz CT molecular complexity index is 825. The number of aromatic nitrogens is 1. The molecule has 2 nitrogen and oxygen atoms in total. The Labute approximate surface area is 125 Å². The highest BCUT2D eigenvalue weighted by atomic mass is 19.4. The molecule has 0 radical (unpaired) electrons. The summed E-state index contributed by atoms with van der Waals surface area (Å²) in [6.07, 6.45) is -4.34. The maximum absolute atomic E-state index is 12.8. The number of alkyl halides is 3. The number of benzene rings is 2. The fraction of sp³-hybridized carbons (Fsp3) is 0.118. The summed E-state index contributed by atoms with van der Waals surface area (Å²) in [7, 11) is 1.78. The highest BCUT2D eigenvalue weighted by Crippen LogP contribution is 2.32. The quantitative estimate of drug-likeness (QED) is 0.723. The molecule has 2 aromatic carbocycles. The van der Waals surface area contributed by atoms with Gasteiger partial charge in [0.05, 0.1) is 11.1 Å². The predicted octanol–water partition coefficient (Wildman–Crippen LogP) is 4.96. The molecule has 0 spiro atoms. The van der Waals surface area contributed by atoms with Crippen molar-refractivity contribution in [1.82, 2.24) is 4.98 Å². The second-order valence-corrected chi connectivity index (χ2v) is 4.93. The van der Waals surface area contributed by atoms with Gasteiger partial charge in [-0.3, -0.25) is 0 Å². The molecule has 22 heavy (non-hydrogen) atoms. The van der Waals surface area contributed by atoms with Crippen LogP contribution < -0.4 is 5.32 Å². The standard InChI is InChI=1S/C17H13F3N2/c1-21-16-8-6-13-9-12(5-7-15(13)22-16)11-3-2-4-14(10-11)17(18,19)20/h2-10H,1H3,(H,21,22). The highest BCUT2D eigenvalue weighted by Gasteiger charge is 2.30.